The van der Waals surface area contributed by atoms with Crippen molar-refractivity contribution in [2.75, 3.05) is 13.7 Å². The molecule has 3 rings (SSSR count). The lowest BCUT2D eigenvalue weighted by Crippen LogP contribution is -2.24. The molecule has 1 amide bonds. The predicted molar refractivity (Wildman–Crippen MR) is 110 cm³/mol. The lowest BCUT2D eigenvalue weighted by molar-refractivity contribution is -0.121. The first-order valence-electron chi connectivity index (χ1n) is 10.2. The van der Waals surface area contributed by atoms with E-state index in [1.807, 2.05) is 31.2 Å². The van der Waals surface area contributed by atoms with Crippen molar-refractivity contribution in [3.05, 3.63) is 47.4 Å². The molecule has 0 saturated heterocycles. The van der Waals surface area contributed by atoms with Gasteiger partial charge in [-0.15, -0.1) is 0 Å². The van der Waals surface area contributed by atoms with Crippen LogP contribution in [0.15, 0.2) is 40.3 Å². The number of allylic oxidation sites excluding steroid dienone is 1. The van der Waals surface area contributed by atoms with Gasteiger partial charge in [0, 0.05) is 18.5 Å². The smallest absolute Gasteiger partial charge is 0.226 e. The third-order valence-corrected chi connectivity index (χ3v) is 5.18. The number of hydrogen-bond acceptors (Lipinski definition) is 4. The number of hydrogen-bond donors (Lipinski definition) is 1. The maximum atomic E-state index is 12.1. The Balaban J connectivity index is 1.43. The molecule has 2 aromatic rings. The molecule has 150 valence electrons. The maximum Gasteiger partial charge on any atom is 0.226 e. The molecule has 1 heterocycles. The number of aryl methyl sites for hydroxylation is 2. The van der Waals surface area contributed by atoms with Gasteiger partial charge in [-0.05, 0) is 70.1 Å². The molecule has 0 aliphatic heterocycles. The van der Waals surface area contributed by atoms with Crippen molar-refractivity contribution >= 4 is 5.91 Å². The maximum absolute atomic E-state index is 12.1. The largest absolute Gasteiger partial charge is 0.497 e. The molecule has 0 unspecified atom stereocenters. The van der Waals surface area contributed by atoms with Gasteiger partial charge in [-0.2, -0.15) is 0 Å². The highest BCUT2D eigenvalue weighted by molar-refractivity contribution is 5.75. The van der Waals surface area contributed by atoms with Crippen LogP contribution in [0.5, 0.6) is 5.75 Å². The molecule has 5 nitrogen and oxygen atoms in total. The summed E-state index contributed by atoms with van der Waals surface area (Å²) in [6.07, 6.45) is 10.3. The van der Waals surface area contributed by atoms with Gasteiger partial charge < -0.3 is 14.5 Å². The number of nitrogens with one attached hydrogen (secondary N) is 1. The highest BCUT2D eigenvalue weighted by Crippen LogP contribution is 2.25. The van der Waals surface area contributed by atoms with Gasteiger partial charge in [0.05, 0.1) is 12.8 Å². The molecule has 0 radical (unpaired) electrons. The molecule has 1 aliphatic rings. The van der Waals surface area contributed by atoms with Gasteiger partial charge in [-0.25, -0.2) is 4.98 Å². The topological polar surface area (TPSA) is 64.4 Å². The summed E-state index contributed by atoms with van der Waals surface area (Å²) < 4.78 is 11.1. The van der Waals surface area contributed by atoms with Gasteiger partial charge in [-0.3, -0.25) is 4.79 Å². The highest BCUT2D eigenvalue weighted by Gasteiger charge is 2.13. The number of nitrogens with zero attached hydrogens (tertiary/aromatic N) is 1. The van der Waals surface area contributed by atoms with E-state index in [4.69, 9.17) is 9.15 Å². The minimum atomic E-state index is 0.116. The molecule has 0 bridgehead atoms. The van der Waals surface area contributed by atoms with Gasteiger partial charge in [0.1, 0.15) is 11.5 Å². The van der Waals surface area contributed by atoms with Gasteiger partial charge in [0.2, 0.25) is 11.8 Å². The normalized spacial score (nSPS) is 13.9. The van der Waals surface area contributed by atoms with Crippen molar-refractivity contribution in [1.29, 1.82) is 0 Å². The Morgan fingerprint density at radius 1 is 1.29 bits per heavy atom. The van der Waals surface area contributed by atoms with Crippen LogP contribution in [0.25, 0.3) is 11.5 Å². The SMILES string of the molecule is COc1cccc(-c2nc(CCCC(=O)NCCC3=CCCCC3)c(C)o2)c1. The van der Waals surface area contributed by atoms with Crippen LogP contribution < -0.4 is 10.1 Å². The van der Waals surface area contributed by atoms with Gasteiger partial charge in [0.15, 0.2) is 0 Å². The number of ether oxygens (including phenoxy) is 1. The Labute approximate surface area is 167 Å². The first-order chi connectivity index (χ1) is 13.7. The van der Waals surface area contributed by atoms with Crippen LogP contribution in [0.3, 0.4) is 0 Å². The minimum Gasteiger partial charge on any atom is -0.497 e. The average Bonchev–Trinajstić information content (AvgIpc) is 3.09. The van der Waals surface area contributed by atoms with Crippen LogP contribution in [0.4, 0.5) is 0 Å². The summed E-state index contributed by atoms with van der Waals surface area (Å²) in [7, 11) is 1.64. The van der Waals surface area contributed by atoms with Crippen LogP contribution >= 0.6 is 0 Å². The summed E-state index contributed by atoms with van der Waals surface area (Å²) in [5.41, 5.74) is 3.30. The van der Waals surface area contributed by atoms with E-state index in [1.54, 1.807) is 7.11 Å². The number of methoxy groups -OCH3 is 1. The summed E-state index contributed by atoms with van der Waals surface area (Å²) in [5.74, 6) is 2.29. The van der Waals surface area contributed by atoms with Gasteiger partial charge >= 0.3 is 0 Å². The second-order valence-corrected chi connectivity index (χ2v) is 7.32. The number of benzene rings is 1. The summed E-state index contributed by atoms with van der Waals surface area (Å²) in [4.78, 5) is 16.7. The van der Waals surface area contributed by atoms with Crippen LogP contribution in [0, 0.1) is 6.92 Å². The predicted octanol–water partition coefficient (Wildman–Crippen LogP) is 4.99. The summed E-state index contributed by atoms with van der Waals surface area (Å²) in [5, 5.41) is 3.04. The number of oxazole rings is 1. The van der Waals surface area contributed by atoms with E-state index in [0.29, 0.717) is 12.3 Å². The molecule has 1 aliphatic carbocycles. The lowest BCUT2D eigenvalue weighted by atomic mass is 9.97. The molecule has 0 atom stereocenters. The molecule has 0 saturated carbocycles. The first kappa shape index (κ1) is 20.2. The van der Waals surface area contributed by atoms with Crippen LogP contribution in [-0.4, -0.2) is 24.5 Å². The monoisotopic (exact) mass is 382 g/mol. The van der Waals surface area contributed by atoms with E-state index in [-0.39, 0.29) is 5.91 Å². The third-order valence-electron chi connectivity index (χ3n) is 5.18. The van der Waals surface area contributed by atoms with E-state index < -0.39 is 0 Å². The zero-order valence-corrected chi connectivity index (χ0v) is 16.9. The van der Waals surface area contributed by atoms with Crippen molar-refractivity contribution in [2.24, 2.45) is 0 Å². The Bertz CT molecular complexity index is 823. The molecular weight excluding hydrogens is 352 g/mol. The second-order valence-electron chi connectivity index (χ2n) is 7.32. The van der Waals surface area contributed by atoms with Crippen molar-refractivity contribution in [3.63, 3.8) is 0 Å². The summed E-state index contributed by atoms with van der Waals surface area (Å²) >= 11 is 0. The van der Waals surface area contributed by atoms with Crippen LogP contribution in [0.2, 0.25) is 0 Å². The molecular formula is C23H30N2O3. The van der Waals surface area contributed by atoms with E-state index in [9.17, 15) is 4.79 Å². The first-order valence-corrected chi connectivity index (χ1v) is 10.2. The van der Waals surface area contributed by atoms with E-state index in [0.717, 1.165) is 48.6 Å². The van der Waals surface area contributed by atoms with E-state index in [2.05, 4.69) is 16.4 Å². The Hall–Kier alpha value is -2.56. The Morgan fingerprint density at radius 2 is 2.18 bits per heavy atom. The fraction of sp³-hybridized carbons (Fsp3) is 0.478. The lowest BCUT2D eigenvalue weighted by Gasteiger charge is -2.12. The Kier molecular flexibility index (Phi) is 7.29. The van der Waals surface area contributed by atoms with Crippen molar-refractivity contribution in [1.82, 2.24) is 10.3 Å². The van der Waals surface area contributed by atoms with Gasteiger partial charge in [-0.1, -0.05) is 17.7 Å². The minimum absolute atomic E-state index is 0.116. The molecule has 0 spiro atoms. The van der Waals surface area contributed by atoms with E-state index >= 15 is 0 Å². The number of carbonyl (C=O) groups excluding carboxylic acids is 1. The number of rotatable bonds is 9. The molecule has 5 heteroatoms. The summed E-state index contributed by atoms with van der Waals surface area (Å²) in [6.45, 7) is 2.66. The quantitative estimate of drug-likeness (QED) is 0.621. The summed E-state index contributed by atoms with van der Waals surface area (Å²) in [6, 6.07) is 7.67. The van der Waals surface area contributed by atoms with Crippen molar-refractivity contribution < 1.29 is 13.9 Å². The van der Waals surface area contributed by atoms with Crippen LogP contribution in [0.1, 0.15) is 56.4 Å². The highest BCUT2D eigenvalue weighted by atomic mass is 16.5. The zero-order chi connectivity index (χ0) is 19.8. The second kappa shape index (κ2) is 10.1. The average molecular weight is 383 g/mol. The third kappa shape index (κ3) is 5.72. The van der Waals surface area contributed by atoms with E-state index in [1.165, 1.54) is 31.3 Å². The van der Waals surface area contributed by atoms with Gasteiger partial charge in [0.25, 0.3) is 0 Å². The number of carbonyl (C=O) groups is 1. The molecule has 1 aromatic heterocycles. The molecule has 1 N–H and O–H groups in total. The number of aromatic nitrogens is 1. The fourth-order valence-corrected chi connectivity index (χ4v) is 3.54. The molecule has 28 heavy (non-hydrogen) atoms. The van der Waals surface area contributed by atoms with Crippen molar-refractivity contribution in [2.45, 2.75) is 58.3 Å². The van der Waals surface area contributed by atoms with Crippen LogP contribution in [-0.2, 0) is 11.2 Å². The Morgan fingerprint density at radius 3 is 2.96 bits per heavy atom. The fourth-order valence-electron chi connectivity index (χ4n) is 3.54. The van der Waals surface area contributed by atoms with Crippen molar-refractivity contribution in [3.8, 4) is 17.2 Å². The zero-order valence-electron chi connectivity index (χ0n) is 16.9. The number of amides is 1. The molecule has 0 fully saturated rings. The standard InChI is InChI=1S/C23H30N2O3/c1-17-21(25-23(28-17)19-10-6-11-20(16-19)27-2)12-7-13-22(26)24-15-14-18-8-4-3-5-9-18/h6,8,10-11,16H,3-5,7,9,12-15H2,1-2H3,(H,24,26). The molecule has 1 aromatic carbocycles.